The number of carbonyl (C=O) groups is 1. The Hall–Kier alpha value is -1.05. The summed E-state index contributed by atoms with van der Waals surface area (Å²) in [7, 11) is 0. The number of hydrogen-bond acceptors (Lipinski definition) is 1. The summed E-state index contributed by atoms with van der Waals surface area (Å²) in [6.07, 6.45) is 10.5. The number of unbranched alkanes of at least 4 members (excludes halogenated alkanes) is 1. The van der Waals surface area contributed by atoms with Gasteiger partial charge in [-0.25, -0.2) is 0 Å². The second kappa shape index (κ2) is 8.99. The van der Waals surface area contributed by atoms with Crippen LogP contribution in [0.2, 0.25) is 0 Å². The first-order valence-electron chi connectivity index (χ1n) is 8.25. The summed E-state index contributed by atoms with van der Waals surface area (Å²) in [5.41, 5.74) is 3.99. The van der Waals surface area contributed by atoms with E-state index in [9.17, 15) is 4.79 Å². The van der Waals surface area contributed by atoms with E-state index in [0.717, 1.165) is 31.4 Å². The molecule has 1 unspecified atom stereocenters. The molecule has 0 heterocycles. The Morgan fingerprint density at radius 1 is 1.30 bits per heavy atom. The average Bonchev–Trinajstić information content (AvgIpc) is 2.47. The fraction of sp³-hybridized carbons (Fsp3) is 0.722. The smallest absolute Gasteiger partial charge is 0.246 e. The summed E-state index contributed by atoms with van der Waals surface area (Å²) >= 11 is 0. The van der Waals surface area contributed by atoms with Crippen LogP contribution >= 0.6 is 0 Å². The van der Waals surface area contributed by atoms with Crippen molar-refractivity contribution < 1.29 is 4.79 Å². The quantitative estimate of drug-likeness (QED) is 0.423. The summed E-state index contributed by atoms with van der Waals surface area (Å²) in [6.45, 7) is 9.36. The van der Waals surface area contributed by atoms with Gasteiger partial charge in [-0.15, -0.1) is 0 Å². The molecule has 1 amide bonds. The highest BCUT2D eigenvalue weighted by Gasteiger charge is 2.19. The first-order valence-corrected chi connectivity index (χ1v) is 8.25. The van der Waals surface area contributed by atoms with Gasteiger partial charge >= 0.3 is 0 Å². The van der Waals surface area contributed by atoms with Crippen LogP contribution in [0.1, 0.15) is 72.6 Å². The van der Waals surface area contributed by atoms with Crippen LogP contribution in [0.5, 0.6) is 0 Å². The van der Waals surface area contributed by atoms with E-state index in [0.29, 0.717) is 5.92 Å². The van der Waals surface area contributed by atoms with Crippen LogP contribution < -0.4 is 5.32 Å². The summed E-state index contributed by atoms with van der Waals surface area (Å²) in [5.74, 6) is 0.596. The maximum absolute atomic E-state index is 12.0. The van der Waals surface area contributed by atoms with Gasteiger partial charge in [0.05, 0.1) is 0 Å². The molecule has 0 bridgehead atoms. The molecule has 1 aliphatic rings. The van der Waals surface area contributed by atoms with E-state index in [1.165, 1.54) is 31.3 Å². The third-order valence-electron chi connectivity index (χ3n) is 4.36. The first kappa shape index (κ1) is 17.0. The lowest BCUT2D eigenvalue weighted by molar-refractivity contribution is -0.117. The van der Waals surface area contributed by atoms with E-state index in [4.69, 9.17) is 0 Å². The number of hydrogen-bond donors (Lipinski definition) is 1. The molecule has 2 heteroatoms. The molecule has 1 aliphatic carbocycles. The Kier molecular flexibility index (Phi) is 7.64. The van der Waals surface area contributed by atoms with Crippen molar-refractivity contribution in [2.45, 2.75) is 72.6 Å². The minimum atomic E-state index is 0.109. The Morgan fingerprint density at radius 2 is 2.05 bits per heavy atom. The molecule has 20 heavy (non-hydrogen) atoms. The molecule has 0 aliphatic heterocycles. The van der Waals surface area contributed by atoms with E-state index in [2.05, 4.69) is 32.2 Å². The van der Waals surface area contributed by atoms with Crippen LogP contribution in [0.15, 0.2) is 22.8 Å². The standard InChI is InChI=1S/C18H31NO/c1-5-7-12-19-18(20)15(4)13-16-10-8-9-11-17(16)14(3)6-2/h13,16H,5-12H2,1-4H3,(H,19,20)/b15-13+,17-14+. The lowest BCUT2D eigenvalue weighted by atomic mass is 9.80. The van der Waals surface area contributed by atoms with Crippen molar-refractivity contribution in [1.82, 2.24) is 5.32 Å². The molecule has 1 saturated carbocycles. The molecule has 0 aromatic rings. The summed E-state index contributed by atoms with van der Waals surface area (Å²) in [6, 6.07) is 0. The van der Waals surface area contributed by atoms with Crippen molar-refractivity contribution in [3.63, 3.8) is 0 Å². The molecule has 1 rings (SSSR count). The molecular formula is C18H31NO. The van der Waals surface area contributed by atoms with E-state index in [1.807, 2.05) is 6.92 Å². The molecule has 1 atom stereocenters. The summed E-state index contributed by atoms with van der Waals surface area (Å²) in [5, 5.41) is 3.01. The predicted molar refractivity (Wildman–Crippen MR) is 86.6 cm³/mol. The fourth-order valence-electron chi connectivity index (χ4n) is 2.88. The number of amides is 1. The van der Waals surface area contributed by atoms with Crippen molar-refractivity contribution in [2.75, 3.05) is 6.54 Å². The van der Waals surface area contributed by atoms with Crippen LogP contribution in [0.3, 0.4) is 0 Å². The van der Waals surface area contributed by atoms with Crippen LogP contribution in [-0.4, -0.2) is 12.5 Å². The number of allylic oxidation sites excluding steroid dienone is 3. The van der Waals surface area contributed by atoms with Gasteiger partial charge in [0.2, 0.25) is 5.91 Å². The molecule has 0 spiro atoms. The topological polar surface area (TPSA) is 29.1 Å². The van der Waals surface area contributed by atoms with Gasteiger partial charge < -0.3 is 5.32 Å². The Morgan fingerprint density at radius 3 is 2.70 bits per heavy atom. The lowest BCUT2D eigenvalue weighted by Gasteiger charge is -2.25. The zero-order valence-electron chi connectivity index (χ0n) is 13.7. The zero-order valence-corrected chi connectivity index (χ0v) is 13.7. The zero-order chi connectivity index (χ0) is 15.0. The van der Waals surface area contributed by atoms with Gasteiger partial charge in [0.1, 0.15) is 0 Å². The van der Waals surface area contributed by atoms with Crippen LogP contribution in [-0.2, 0) is 4.79 Å². The van der Waals surface area contributed by atoms with Crippen LogP contribution in [0.4, 0.5) is 0 Å². The molecule has 114 valence electrons. The highest BCUT2D eigenvalue weighted by Crippen LogP contribution is 2.34. The SMILES string of the molecule is CCCCNC(=O)/C(C)=C/C1CCCC/C1=C(/C)CC. The van der Waals surface area contributed by atoms with Gasteiger partial charge in [-0.05, 0) is 51.9 Å². The van der Waals surface area contributed by atoms with Gasteiger partial charge in [-0.3, -0.25) is 4.79 Å². The Labute approximate surface area is 124 Å². The molecule has 0 saturated heterocycles. The number of rotatable bonds is 6. The van der Waals surface area contributed by atoms with Crippen molar-refractivity contribution in [3.8, 4) is 0 Å². The maximum Gasteiger partial charge on any atom is 0.246 e. The second-order valence-corrected chi connectivity index (χ2v) is 5.97. The monoisotopic (exact) mass is 277 g/mol. The molecule has 1 fully saturated rings. The highest BCUT2D eigenvalue weighted by atomic mass is 16.1. The van der Waals surface area contributed by atoms with Gasteiger partial charge in [0.25, 0.3) is 0 Å². The number of carbonyl (C=O) groups excluding carboxylic acids is 1. The molecule has 0 aromatic heterocycles. The largest absolute Gasteiger partial charge is 0.352 e. The normalized spacial score (nSPS) is 22.6. The summed E-state index contributed by atoms with van der Waals surface area (Å²) < 4.78 is 0. The van der Waals surface area contributed by atoms with Gasteiger partial charge in [-0.1, -0.05) is 43.9 Å². The minimum absolute atomic E-state index is 0.109. The van der Waals surface area contributed by atoms with E-state index in [-0.39, 0.29) is 5.91 Å². The average molecular weight is 277 g/mol. The second-order valence-electron chi connectivity index (χ2n) is 5.97. The Bertz CT molecular complexity index is 379. The number of nitrogens with one attached hydrogen (secondary N) is 1. The molecule has 2 nitrogen and oxygen atoms in total. The molecular weight excluding hydrogens is 246 g/mol. The summed E-state index contributed by atoms with van der Waals surface area (Å²) in [4.78, 5) is 12.0. The van der Waals surface area contributed by atoms with Crippen molar-refractivity contribution >= 4 is 5.91 Å². The van der Waals surface area contributed by atoms with Gasteiger partial charge in [0, 0.05) is 12.1 Å². The van der Waals surface area contributed by atoms with Crippen LogP contribution in [0, 0.1) is 5.92 Å². The maximum atomic E-state index is 12.0. The van der Waals surface area contributed by atoms with Crippen molar-refractivity contribution in [3.05, 3.63) is 22.8 Å². The lowest BCUT2D eigenvalue weighted by Crippen LogP contribution is -2.25. The van der Waals surface area contributed by atoms with E-state index in [1.54, 1.807) is 5.57 Å². The highest BCUT2D eigenvalue weighted by molar-refractivity contribution is 5.92. The molecule has 0 radical (unpaired) electrons. The minimum Gasteiger partial charge on any atom is -0.352 e. The van der Waals surface area contributed by atoms with Gasteiger partial charge in [0.15, 0.2) is 0 Å². The third kappa shape index (κ3) is 5.15. The van der Waals surface area contributed by atoms with E-state index < -0.39 is 0 Å². The van der Waals surface area contributed by atoms with Gasteiger partial charge in [-0.2, -0.15) is 0 Å². The first-order chi connectivity index (χ1) is 9.60. The predicted octanol–water partition coefficient (Wildman–Crippen LogP) is 4.77. The molecule has 0 aromatic carbocycles. The third-order valence-corrected chi connectivity index (χ3v) is 4.36. The van der Waals surface area contributed by atoms with Crippen molar-refractivity contribution in [2.24, 2.45) is 5.92 Å². The van der Waals surface area contributed by atoms with E-state index >= 15 is 0 Å². The fourth-order valence-corrected chi connectivity index (χ4v) is 2.88. The molecule has 1 N–H and O–H groups in total. The van der Waals surface area contributed by atoms with Crippen molar-refractivity contribution in [1.29, 1.82) is 0 Å². The Balaban J connectivity index is 2.71. The van der Waals surface area contributed by atoms with Crippen LogP contribution in [0.25, 0.3) is 0 Å².